The van der Waals surface area contributed by atoms with Crippen LogP contribution in [0.25, 0.3) is 0 Å². The first kappa shape index (κ1) is 15.4. The third-order valence-electron chi connectivity index (χ3n) is 4.09. The molecule has 1 aromatic carbocycles. The van der Waals surface area contributed by atoms with Gasteiger partial charge >= 0.3 is 0 Å². The molecule has 1 aliphatic heterocycles. The predicted octanol–water partition coefficient (Wildman–Crippen LogP) is 2.23. The third kappa shape index (κ3) is 3.84. The Hall–Kier alpha value is -2.47. The fourth-order valence-electron chi connectivity index (χ4n) is 2.84. The maximum absolute atomic E-state index is 10.6. The smallest absolute Gasteiger partial charge is 0.241 e. The number of nitrogens with two attached hydrogens (primary N) is 1. The molecule has 1 saturated heterocycles. The van der Waals surface area contributed by atoms with Crippen molar-refractivity contribution in [2.75, 3.05) is 25.4 Å². The van der Waals surface area contributed by atoms with Crippen molar-refractivity contribution in [3.05, 3.63) is 42.4 Å². The maximum Gasteiger partial charge on any atom is 0.241 e. The van der Waals surface area contributed by atoms with E-state index in [2.05, 4.69) is 14.9 Å². The molecular formula is C17H20N4O2. The van der Waals surface area contributed by atoms with Gasteiger partial charge in [-0.05, 0) is 50.2 Å². The number of rotatable bonds is 5. The van der Waals surface area contributed by atoms with Crippen LogP contribution in [0, 0.1) is 0 Å². The monoisotopic (exact) mass is 312 g/mol. The zero-order valence-electron chi connectivity index (χ0n) is 12.9. The van der Waals surface area contributed by atoms with Crippen LogP contribution in [0.4, 0.5) is 5.69 Å². The molecule has 2 heterocycles. The Kier molecular flexibility index (Phi) is 4.83. The zero-order chi connectivity index (χ0) is 16.1. The second-order valence-corrected chi connectivity index (χ2v) is 5.66. The van der Waals surface area contributed by atoms with E-state index in [4.69, 9.17) is 10.5 Å². The van der Waals surface area contributed by atoms with Crippen molar-refractivity contribution in [3.8, 4) is 11.6 Å². The minimum atomic E-state index is 0.301. The van der Waals surface area contributed by atoms with Gasteiger partial charge < -0.3 is 15.3 Å². The third-order valence-corrected chi connectivity index (χ3v) is 4.09. The first-order chi connectivity index (χ1) is 11.3. The van der Waals surface area contributed by atoms with Gasteiger partial charge in [0.25, 0.3) is 0 Å². The molecule has 0 amide bonds. The summed E-state index contributed by atoms with van der Waals surface area (Å²) < 4.78 is 5.89. The van der Waals surface area contributed by atoms with Gasteiger partial charge in [-0.2, -0.15) is 0 Å². The van der Waals surface area contributed by atoms with E-state index in [0.29, 0.717) is 29.8 Å². The molecule has 3 rings (SSSR count). The van der Waals surface area contributed by atoms with Gasteiger partial charge in [-0.25, -0.2) is 4.98 Å². The highest BCUT2D eigenvalue weighted by molar-refractivity contribution is 5.52. The van der Waals surface area contributed by atoms with Crippen LogP contribution in [0.5, 0.6) is 11.6 Å². The molecule has 0 unspecified atom stereocenters. The van der Waals surface area contributed by atoms with Crippen LogP contribution in [0.3, 0.4) is 0 Å². The van der Waals surface area contributed by atoms with Crippen LogP contribution in [-0.4, -0.2) is 40.8 Å². The molecule has 0 aliphatic carbocycles. The molecule has 1 aromatic heterocycles. The number of likely N-dealkylation sites (tertiary alicyclic amines) is 1. The Balaban J connectivity index is 1.73. The first-order valence-electron chi connectivity index (χ1n) is 7.76. The molecule has 1 aliphatic rings. The normalized spacial score (nSPS) is 16.2. The van der Waals surface area contributed by atoms with Gasteiger partial charge in [-0.3, -0.25) is 9.88 Å². The molecule has 6 heteroatoms. The van der Waals surface area contributed by atoms with Gasteiger partial charge in [0, 0.05) is 24.0 Å². The molecule has 0 spiro atoms. The number of carbonyl (C=O) groups is 1. The van der Waals surface area contributed by atoms with Gasteiger partial charge in [-0.1, -0.05) is 0 Å². The Morgan fingerprint density at radius 3 is 2.57 bits per heavy atom. The summed E-state index contributed by atoms with van der Waals surface area (Å²) in [4.78, 5) is 21.6. The van der Waals surface area contributed by atoms with E-state index in [1.807, 2.05) is 12.1 Å². The van der Waals surface area contributed by atoms with Gasteiger partial charge in [0.2, 0.25) is 5.88 Å². The van der Waals surface area contributed by atoms with Gasteiger partial charge in [0.05, 0.1) is 6.54 Å². The summed E-state index contributed by atoms with van der Waals surface area (Å²) in [5.41, 5.74) is 7.27. The highest BCUT2D eigenvalue weighted by Gasteiger charge is 2.24. The van der Waals surface area contributed by atoms with Crippen LogP contribution in [-0.2, 0) is 4.79 Å². The molecule has 23 heavy (non-hydrogen) atoms. The molecule has 0 saturated carbocycles. The summed E-state index contributed by atoms with van der Waals surface area (Å²) in [5, 5.41) is 0. The number of nitrogen functional groups attached to an aromatic ring is 1. The lowest BCUT2D eigenvalue weighted by molar-refractivity contribution is -0.109. The summed E-state index contributed by atoms with van der Waals surface area (Å²) in [6, 6.07) is 7.23. The van der Waals surface area contributed by atoms with Crippen molar-refractivity contribution in [1.29, 1.82) is 0 Å². The number of carbonyl (C=O) groups excluding carboxylic acids is 1. The Labute approximate surface area is 135 Å². The van der Waals surface area contributed by atoms with Crippen molar-refractivity contribution in [2.24, 2.45) is 0 Å². The number of hydrogen-bond donors (Lipinski definition) is 1. The largest absolute Gasteiger partial charge is 0.437 e. The number of aromatic nitrogens is 2. The van der Waals surface area contributed by atoms with Crippen molar-refractivity contribution in [3.63, 3.8) is 0 Å². The van der Waals surface area contributed by atoms with E-state index in [0.717, 1.165) is 37.9 Å². The standard InChI is InChI=1S/C17H20N4O2/c18-14-1-3-15(4-2-14)23-17-16(19-7-8-20-17)13-5-9-21(10-6-13)11-12-22/h1-4,7-8,12-13H,5-6,9-11,18H2. The van der Waals surface area contributed by atoms with Crippen LogP contribution in [0.2, 0.25) is 0 Å². The lowest BCUT2D eigenvalue weighted by Crippen LogP contribution is -2.34. The molecule has 6 nitrogen and oxygen atoms in total. The van der Waals surface area contributed by atoms with E-state index in [9.17, 15) is 4.79 Å². The van der Waals surface area contributed by atoms with Crippen LogP contribution < -0.4 is 10.5 Å². The molecule has 0 bridgehead atoms. The summed E-state index contributed by atoms with van der Waals surface area (Å²) in [5.74, 6) is 1.54. The first-order valence-corrected chi connectivity index (χ1v) is 7.76. The van der Waals surface area contributed by atoms with E-state index in [1.54, 1.807) is 24.5 Å². The Morgan fingerprint density at radius 2 is 1.87 bits per heavy atom. The maximum atomic E-state index is 10.6. The second kappa shape index (κ2) is 7.19. The summed E-state index contributed by atoms with van der Waals surface area (Å²) in [6.07, 6.45) is 6.19. The SMILES string of the molecule is Nc1ccc(Oc2nccnc2C2CCN(CC=O)CC2)cc1. The van der Waals surface area contributed by atoms with E-state index < -0.39 is 0 Å². The second-order valence-electron chi connectivity index (χ2n) is 5.66. The Bertz CT molecular complexity index is 652. The topological polar surface area (TPSA) is 81.3 Å². The summed E-state index contributed by atoms with van der Waals surface area (Å²) >= 11 is 0. The summed E-state index contributed by atoms with van der Waals surface area (Å²) in [6.45, 7) is 2.28. The fraction of sp³-hybridized carbons (Fsp3) is 0.353. The van der Waals surface area contributed by atoms with Crippen LogP contribution in [0.15, 0.2) is 36.7 Å². The summed E-state index contributed by atoms with van der Waals surface area (Å²) in [7, 11) is 0. The fourth-order valence-corrected chi connectivity index (χ4v) is 2.84. The molecular weight excluding hydrogens is 292 g/mol. The quantitative estimate of drug-likeness (QED) is 0.673. The lowest BCUT2D eigenvalue weighted by atomic mass is 9.93. The molecule has 120 valence electrons. The average Bonchev–Trinajstić information content (AvgIpc) is 2.59. The predicted molar refractivity (Wildman–Crippen MR) is 87.4 cm³/mol. The zero-order valence-corrected chi connectivity index (χ0v) is 12.9. The number of benzene rings is 1. The van der Waals surface area contributed by atoms with E-state index in [-0.39, 0.29) is 0 Å². The van der Waals surface area contributed by atoms with Gasteiger partial charge in [0.15, 0.2) is 0 Å². The lowest BCUT2D eigenvalue weighted by Gasteiger charge is -2.30. The highest BCUT2D eigenvalue weighted by atomic mass is 16.5. The number of ether oxygens (including phenoxy) is 1. The minimum absolute atomic E-state index is 0.301. The van der Waals surface area contributed by atoms with Gasteiger partial charge in [0.1, 0.15) is 17.7 Å². The molecule has 2 aromatic rings. The average molecular weight is 312 g/mol. The molecule has 1 fully saturated rings. The van der Waals surface area contributed by atoms with Crippen molar-refractivity contribution in [2.45, 2.75) is 18.8 Å². The van der Waals surface area contributed by atoms with Gasteiger partial charge in [-0.15, -0.1) is 0 Å². The Morgan fingerprint density at radius 1 is 1.17 bits per heavy atom. The van der Waals surface area contributed by atoms with Crippen molar-refractivity contribution >= 4 is 12.0 Å². The van der Waals surface area contributed by atoms with Crippen molar-refractivity contribution in [1.82, 2.24) is 14.9 Å². The van der Waals surface area contributed by atoms with E-state index >= 15 is 0 Å². The molecule has 2 N–H and O–H groups in total. The molecule has 0 radical (unpaired) electrons. The molecule has 0 atom stereocenters. The number of nitrogens with zero attached hydrogens (tertiary/aromatic N) is 3. The minimum Gasteiger partial charge on any atom is -0.437 e. The van der Waals surface area contributed by atoms with Crippen LogP contribution in [0.1, 0.15) is 24.5 Å². The number of aldehydes is 1. The van der Waals surface area contributed by atoms with Crippen molar-refractivity contribution < 1.29 is 9.53 Å². The number of hydrogen-bond acceptors (Lipinski definition) is 6. The van der Waals surface area contributed by atoms with E-state index in [1.165, 1.54) is 0 Å². The number of piperidine rings is 1. The highest BCUT2D eigenvalue weighted by Crippen LogP contribution is 2.33. The van der Waals surface area contributed by atoms with Crippen LogP contribution >= 0.6 is 0 Å². The number of anilines is 1.